The van der Waals surface area contributed by atoms with Gasteiger partial charge in [-0.1, -0.05) is 0 Å². The summed E-state index contributed by atoms with van der Waals surface area (Å²) >= 11 is 0. The normalized spacial score (nSPS) is 12.5. The van der Waals surface area contributed by atoms with E-state index in [-0.39, 0.29) is 11.2 Å². The zero-order valence-electron chi connectivity index (χ0n) is 23.8. The first-order chi connectivity index (χ1) is 17.2. The van der Waals surface area contributed by atoms with Crippen molar-refractivity contribution in [3.63, 3.8) is 0 Å². The van der Waals surface area contributed by atoms with E-state index in [4.69, 9.17) is 47.4 Å². The molecule has 0 aromatic heterocycles. The molecular weight excluding hydrogens is 472 g/mol. The summed E-state index contributed by atoms with van der Waals surface area (Å²) in [7, 11) is 0. The van der Waals surface area contributed by atoms with Crippen molar-refractivity contribution in [1.82, 2.24) is 0 Å². The van der Waals surface area contributed by atoms with E-state index in [0.717, 1.165) is 0 Å². The second-order valence-corrected chi connectivity index (χ2v) is 9.82. The van der Waals surface area contributed by atoms with Gasteiger partial charge >= 0.3 is 0 Å². The van der Waals surface area contributed by atoms with Gasteiger partial charge in [0.05, 0.1) is 130 Å². The molecule has 0 aliphatic rings. The highest BCUT2D eigenvalue weighted by Crippen LogP contribution is 2.06. The summed E-state index contributed by atoms with van der Waals surface area (Å²) in [4.78, 5) is 0. The first kappa shape index (κ1) is 35.6. The van der Waals surface area contributed by atoms with Gasteiger partial charge in [0.15, 0.2) is 0 Å². The topological polar surface area (TPSA) is 92.3 Å². The van der Waals surface area contributed by atoms with Gasteiger partial charge in [0.1, 0.15) is 0 Å². The Morgan fingerprint density at radius 1 is 0.250 bits per heavy atom. The maximum Gasteiger partial charge on any atom is 0.0707 e. The molecule has 0 saturated carbocycles. The first-order valence-corrected chi connectivity index (χ1v) is 13.1. The molecule has 0 aromatic rings. The van der Waals surface area contributed by atoms with Crippen LogP contribution in [0.3, 0.4) is 0 Å². The van der Waals surface area contributed by atoms with Crippen LogP contribution in [0.4, 0.5) is 0 Å². The third-order valence-corrected chi connectivity index (χ3v) is 4.13. The minimum atomic E-state index is -0.127. The summed E-state index contributed by atoms with van der Waals surface area (Å²) in [6, 6.07) is 0. The minimum absolute atomic E-state index is 0.127. The van der Waals surface area contributed by atoms with E-state index in [2.05, 4.69) is 0 Å². The number of hydrogen-bond donors (Lipinski definition) is 0. The summed E-state index contributed by atoms with van der Waals surface area (Å²) in [5, 5.41) is 0. The fourth-order valence-electron chi connectivity index (χ4n) is 2.46. The molecule has 0 saturated heterocycles. The van der Waals surface area contributed by atoms with E-state index in [0.29, 0.717) is 119 Å². The molecule has 10 heteroatoms. The van der Waals surface area contributed by atoms with Gasteiger partial charge in [-0.15, -0.1) is 0 Å². The Balaban J connectivity index is 3.07. The Bertz CT molecular complexity index is 397. The molecule has 0 atom stereocenters. The molecule has 0 spiro atoms. The molecule has 0 unspecified atom stereocenters. The molecule has 0 N–H and O–H groups in total. The van der Waals surface area contributed by atoms with Gasteiger partial charge in [0, 0.05) is 0 Å². The van der Waals surface area contributed by atoms with Crippen LogP contribution in [-0.4, -0.2) is 130 Å². The molecule has 0 aromatic carbocycles. The molecule has 0 rings (SSSR count). The van der Waals surface area contributed by atoms with Crippen molar-refractivity contribution in [2.24, 2.45) is 0 Å². The van der Waals surface area contributed by atoms with Crippen LogP contribution in [0.5, 0.6) is 0 Å². The summed E-state index contributed by atoms with van der Waals surface area (Å²) in [5.41, 5.74) is -0.253. The van der Waals surface area contributed by atoms with Crippen LogP contribution >= 0.6 is 0 Å². The Hall–Kier alpha value is -0.400. The third kappa shape index (κ3) is 33.6. The molecule has 0 radical (unpaired) electrons. The molecule has 0 amide bonds. The van der Waals surface area contributed by atoms with Gasteiger partial charge in [-0.3, -0.25) is 0 Å². The zero-order valence-corrected chi connectivity index (χ0v) is 23.8. The SMILES string of the molecule is CC(C)(C)OCCOCCOCCOCCOCCOCCOCCOCCOCCOC(C)(C)C. The Labute approximate surface area is 219 Å². The smallest absolute Gasteiger partial charge is 0.0707 e. The first-order valence-electron chi connectivity index (χ1n) is 13.1. The van der Waals surface area contributed by atoms with E-state index in [1.165, 1.54) is 0 Å². The Morgan fingerprint density at radius 2 is 0.389 bits per heavy atom. The molecule has 0 heterocycles. The van der Waals surface area contributed by atoms with Gasteiger partial charge in [-0.05, 0) is 41.5 Å². The monoisotopic (exact) mass is 526 g/mol. The fourth-order valence-corrected chi connectivity index (χ4v) is 2.46. The van der Waals surface area contributed by atoms with Crippen molar-refractivity contribution in [3.8, 4) is 0 Å². The van der Waals surface area contributed by atoms with E-state index < -0.39 is 0 Å². The van der Waals surface area contributed by atoms with Gasteiger partial charge in [0.2, 0.25) is 0 Å². The van der Waals surface area contributed by atoms with E-state index in [9.17, 15) is 0 Å². The molecule has 10 nitrogen and oxygen atoms in total. The third-order valence-electron chi connectivity index (χ3n) is 4.13. The molecule has 218 valence electrons. The maximum atomic E-state index is 5.57. The number of rotatable bonds is 27. The lowest BCUT2D eigenvalue weighted by Gasteiger charge is -2.19. The molecular formula is C26H54O10. The highest BCUT2D eigenvalue weighted by atomic mass is 16.6. The summed E-state index contributed by atoms with van der Waals surface area (Å²) in [5.74, 6) is 0. The molecule has 0 aliphatic carbocycles. The predicted molar refractivity (Wildman–Crippen MR) is 138 cm³/mol. The van der Waals surface area contributed by atoms with Gasteiger partial charge < -0.3 is 47.4 Å². The average molecular weight is 527 g/mol. The van der Waals surface area contributed by atoms with Crippen LogP contribution in [0.2, 0.25) is 0 Å². The summed E-state index contributed by atoms with van der Waals surface area (Å²) < 4.78 is 54.7. The van der Waals surface area contributed by atoms with Crippen molar-refractivity contribution in [3.05, 3.63) is 0 Å². The summed E-state index contributed by atoms with van der Waals surface area (Å²) in [6.45, 7) is 22.0. The van der Waals surface area contributed by atoms with Crippen LogP contribution in [0.1, 0.15) is 41.5 Å². The second kappa shape index (κ2) is 24.9. The molecule has 0 aliphatic heterocycles. The van der Waals surface area contributed by atoms with Gasteiger partial charge in [0.25, 0.3) is 0 Å². The number of hydrogen-bond acceptors (Lipinski definition) is 10. The van der Waals surface area contributed by atoms with Gasteiger partial charge in [-0.2, -0.15) is 0 Å². The van der Waals surface area contributed by atoms with E-state index in [1.54, 1.807) is 0 Å². The van der Waals surface area contributed by atoms with Crippen LogP contribution in [-0.2, 0) is 47.4 Å². The maximum absolute atomic E-state index is 5.57. The van der Waals surface area contributed by atoms with Crippen LogP contribution in [0, 0.1) is 0 Å². The second-order valence-electron chi connectivity index (χ2n) is 9.82. The summed E-state index contributed by atoms with van der Waals surface area (Å²) in [6.07, 6.45) is 0. The Kier molecular flexibility index (Phi) is 24.6. The molecule has 36 heavy (non-hydrogen) atoms. The standard InChI is InChI=1S/C26H54O10/c1-25(2,3)35-23-21-33-19-17-31-15-13-29-11-9-27-7-8-28-10-12-30-14-16-32-18-20-34-22-24-36-26(4,5)6/h7-24H2,1-6H3. The highest BCUT2D eigenvalue weighted by Gasteiger charge is 2.09. The minimum Gasteiger partial charge on any atom is -0.377 e. The molecule has 0 fully saturated rings. The lowest BCUT2D eigenvalue weighted by molar-refractivity contribution is -0.0478. The fraction of sp³-hybridized carbons (Fsp3) is 1.00. The van der Waals surface area contributed by atoms with E-state index >= 15 is 0 Å². The quantitative estimate of drug-likeness (QED) is 0.149. The predicted octanol–water partition coefficient (Wildman–Crippen LogP) is 2.75. The van der Waals surface area contributed by atoms with Crippen molar-refractivity contribution < 1.29 is 47.4 Å². The van der Waals surface area contributed by atoms with Crippen molar-refractivity contribution in [2.75, 3.05) is 119 Å². The van der Waals surface area contributed by atoms with Crippen molar-refractivity contribution in [1.29, 1.82) is 0 Å². The average Bonchev–Trinajstić information content (AvgIpc) is 2.79. The zero-order chi connectivity index (χ0) is 26.8. The van der Waals surface area contributed by atoms with Crippen molar-refractivity contribution >= 4 is 0 Å². The van der Waals surface area contributed by atoms with Crippen LogP contribution < -0.4 is 0 Å². The van der Waals surface area contributed by atoms with Crippen molar-refractivity contribution in [2.45, 2.75) is 52.7 Å². The lowest BCUT2D eigenvalue weighted by Crippen LogP contribution is -2.22. The van der Waals surface area contributed by atoms with Crippen LogP contribution in [0.25, 0.3) is 0 Å². The Morgan fingerprint density at radius 3 is 0.528 bits per heavy atom. The van der Waals surface area contributed by atoms with Gasteiger partial charge in [-0.25, -0.2) is 0 Å². The largest absolute Gasteiger partial charge is 0.377 e. The molecule has 0 bridgehead atoms. The number of ether oxygens (including phenoxy) is 10. The van der Waals surface area contributed by atoms with E-state index in [1.807, 2.05) is 41.5 Å². The lowest BCUT2D eigenvalue weighted by atomic mass is 10.2. The highest BCUT2D eigenvalue weighted by molar-refractivity contribution is 4.58. The van der Waals surface area contributed by atoms with Crippen LogP contribution in [0.15, 0.2) is 0 Å².